The summed E-state index contributed by atoms with van der Waals surface area (Å²) >= 11 is 0. The number of rotatable bonds is 8. The Morgan fingerprint density at radius 2 is 1.00 bits per heavy atom. The Balaban J connectivity index is 3.04. The van der Waals surface area contributed by atoms with Crippen LogP contribution in [0.5, 0.6) is 0 Å². The van der Waals surface area contributed by atoms with Gasteiger partial charge in [0.1, 0.15) is 0 Å². The second-order valence-electron chi connectivity index (χ2n) is 10.4. The van der Waals surface area contributed by atoms with E-state index in [1.54, 1.807) is 0 Å². The molecular formula is C19H42O2Si2. The van der Waals surface area contributed by atoms with Crippen molar-refractivity contribution in [1.29, 1.82) is 0 Å². The summed E-state index contributed by atoms with van der Waals surface area (Å²) < 4.78 is 13.4. The standard InChI is InChI=1S/C19H42O2Si2/c1-14(2)11-16-13-17(12-15(3)4)19(21-23(8,9)10)18(16)20-22(5,6)7/h14-19H,11-13H2,1-10H3. The molecule has 4 unspecified atom stereocenters. The lowest BCUT2D eigenvalue weighted by molar-refractivity contribution is 0.0205. The average molecular weight is 359 g/mol. The largest absolute Gasteiger partial charge is 0.412 e. The van der Waals surface area contributed by atoms with Gasteiger partial charge in [0.15, 0.2) is 16.6 Å². The summed E-state index contributed by atoms with van der Waals surface area (Å²) in [5.74, 6) is 2.81. The summed E-state index contributed by atoms with van der Waals surface area (Å²) in [6.07, 6.45) is 4.48. The molecule has 1 saturated carbocycles. The van der Waals surface area contributed by atoms with Crippen LogP contribution < -0.4 is 0 Å². The van der Waals surface area contributed by atoms with Crippen molar-refractivity contribution in [2.45, 2.75) is 98.4 Å². The first-order valence-corrected chi connectivity index (χ1v) is 16.5. The number of hydrogen-bond acceptors (Lipinski definition) is 2. The molecule has 4 atom stereocenters. The molecule has 0 aromatic carbocycles. The van der Waals surface area contributed by atoms with Crippen molar-refractivity contribution in [2.75, 3.05) is 0 Å². The quantitative estimate of drug-likeness (QED) is 0.484. The van der Waals surface area contributed by atoms with Crippen LogP contribution in [0, 0.1) is 23.7 Å². The van der Waals surface area contributed by atoms with Crippen LogP contribution in [0.15, 0.2) is 0 Å². The van der Waals surface area contributed by atoms with E-state index in [4.69, 9.17) is 8.85 Å². The van der Waals surface area contributed by atoms with Crippen molar-refractivity contribution in [3.63, 3.8) is 0 Å². The van der Waals surface area contributed by atoms with Crippen LogP contribution in [0.25, 0.3) is 0 Å². The van der Waals surface area contributed by atoms with Gasteiger partial charge in [0.05, 0.1) is 12.2 Å². The third kappa shape index (κ3) is 7.85. The third-order valence-electron chi connectivity index (χ3n) is 4.39. The molecule has 1 aliphatic carbocycles. The van der Waals surface area contributed by atoms with Gasteiger partial charge in [-0.05, 0) is 82.2 Å². The molecule has 0 heterocycles. The number of hydrogen-bond donors (Lipinski definition) is 0. The fourth-order valence-electron chi connectivity index (χ4n) is 4.01. The summed E-state index contributed by atoms with van der Waals surface area (Å²) in [6.45, 7) is 23.3. The molecule has 23 heavy (non-hydrogen) atoms. The minimum atomic E-state index is -1.57. The highest BCUT2D eigenvalue weighted by Gasteiger charge is 2.47. The van der Waals surface area contributed by atoms with E-state index in [1.807, 2.05) is 0 Å². The van der Waals surface area contributed by atoms with Gasteiger partial charge in [0.25, 0.3) is 0 Å². The van der Waals surface area contributed by atoms with Crippen LogP contribution in [0.3, 0.4) is 0 Å². The molecule has 0 saturated heterocycles. The molecule has 0 N–H and O–H groups in total. The molecule has 0 aromatic heterocycles. The van der Waals surface area contributed by atoms with E-state index in [2.05, 4.69) is 67.0 Å². The Bertz CT molecular complexity index is 321. The molecule has 0 aromatic rings. The first kappa shape index (κ1) is 21.4. The van der Waals surface area contributed by atoms with Gasteiger partial charge in [-0.15, -0.1) is 0 Å². The van der Waals surface area contributed by atoms with E-state index >= 15 is 0 Å². The molecule has 138 valence electrons. The van der Waals surface area contributed by atoms with Gasteiger partial charge in [-0.3, -0.25) is 0 Å². The monoisotopic (exact) mass is 358 g/mol. The normalized spacial score (nSPS) is 29.7. The van der Waals surface area contributed by atoms with Crippen molar-refractivity contribution in [3.8, 4) is 0 Å². The molecule has 1 fully saturated rings. The van der Waals surface area contributed by atoms with Crippen molar-refractivity contribution >= 4 is 16.6 Å². The Kier molecular flexibility index (Phi) is 7.59. The molecule has 0 bridgehead atoms. The molecular weight excluding hydrogens is 316 g/mol. The predicted molar refractivity (Wildman–Crippen MR) is 107 cm³/mol. The Hall–Kier alpha value is 0.354. The third-order valence-corrected chi connectivity index (χ3v) is 6.34. The van der Waals surface area contributed by atoms with Crippen LogP contribution in [0.1, 0.15) is 47.0 Å². The summed E-state index contributed by atoms with van der Waals surface area (Å²) in [6, 6.07) is 0. The van der Waals surface area contributed by atoms with E-state index < -0.39 is 16.6 Å². The molecule has 0 radical (unpaired) electrons. The van der Waals surface area contributed by atoms with E-state index in [9.17, 15) is 0 Å². The SMILES string of the molecule is CC(C)CC1CC(CC(C)C)C(O[Si](C)(C)C)C1O[Si](C)(C)C. The van der Waals surface area contributed by atoms with E-state index in [0.29, 0.717) is 24.0 Å². The van der Waals surface area contributed by atoms with Crippen LogP contribution in [0.4, 0.5) is 0 Å². The van der Waals surface area contributed by atoms with Crippen molar-refractivity contribution in [1.82, 2.24) is 0 Å². The van der Waals surface area contributed by atoms with Gasteiger partial charge in [-0.25, -0.2) is 0 Å². The zero-order valence-electron chi connectivity index (χ0n) is 17.4. The molecule has 0 aliphatic heterocycles. The lowest BCUT2D eigenvalue weighted by Gasteiger charge is -2.36. The zero-order chi connectivity index (χ0) is 18.0. The van der Waals surface area contributed by atoms with E-state index in [1.165, 1.54) is 19.3 Å². The summed E-state index contributed by atoms with van der Waals surface area (Å²) in [5.41, 5.74) is 0. The molecule has 4 heteroatoms. The van der Waals surface area contributed by atoms with Crippen molar-refractivity contribution in [2.24, 2.45) is 23.7 Å². The smallest absolute Gasteiger partial charge is 0.184 e. The highest BCUT2D eigenvalue weighted by atomic mass is 28.4. The van der Waals surface area contributed by atoms with Gasteiger partial charge in [-0.1, -0.05) is 27.7 Å². The summed E-state index contributed by atoms with van der Waals surface area (Å²) in [7, 11) is -3.13. The maximum atomic E-state index is 6.72. The van der Waals surface area contributed by atoms with Gasteiger partial charge in [0, 0.05) is 0 Å². The minimum absolute atomic E-state index is 0.319. The van der Waals surface area contributed by atoms with Crippen LogP contribution in [-0.2, 0) is 8.85 Å². The zero-order valence-corrected chi connectivity index (χ0v) is 19.4. The molecule has 0 amide bonds. The van der Waals surface area contributed by atoms with Crippen molar-refractivity contribution < 1.29 is 8.85 Å². The van der Waals surface area contributed by atoms with Gasteiger partial charge in [0.2, 0.25) is 0 Å². The minimum Gasteiger partial charge on any atom is -0.412 e. The van der Waals surface area contributed by atoms with Crippen LogP contribution >= 0.6 is 0 Å². The highest BCUT2D eigenvalue weighted by molar-refractivity contribution is 6.70. The lowest BCUT2D eigenvalue weighted by Crippen LogP contribution is -2.46. The Morgan fingerprint density at radius 3 is 1.22 bits per heavy atom. The van der Waals surface area contributed by atoms with Crippen molar-refractivity contribution in [3.05, 3.63) is 0 Å². The fraction of sp³-hybridized carbons (Fsp3) is 1.00. The van der Waals surface area contributed by atoms with Gasteiger partial charge < -0.3 is 8.85 Å². The molecule has 0 spiro atoms. The molecule has 1 aliphatic rings. The highest BCUT2D eigenvalue weighted by Crippen LogP contribution is 2.44. The van der Waals surface area contributed by atoms with E-state index in [0.717, 1.165) is 11.8 Å². The van der Waals surface area contributed by atoms with E-state index in [-0.39, 0.29) is 0 Å². The second kappa shape index (κ2) is 8.16. The van der Waals surface area contributed by atoms with Gasteiger partial charge in [-0.2, -0.15) is 0 Å². The average Bonchev–Trinajstić information content (AvgIpc) is 2.52. The van der Waals surface area contributed by atoms with Crippen LogP contribution in [0.2, 0.25) is 39.3 Å². The predicted octanol–water partition coefficient (Wildman–Crippen LogP) is 6.15. The molecule has 1 rings (SSSR count). The lowest BCUT2D eigenvalue weighted by atomic mass is 9.91. The summed E-state index contributed by atoms with van der Waals surface area (Å²) in [5, 5.41) is 0. The second-order valence-corrected chi connectivity index (χ2v) is 19.3. The van der Waals surface area contributed by atoms with Crippen LogP contribution in [-0.4, -0.2) is 28.8 Å². The first-order chi connectivity index (χ1) is 10.3. The fourth-order valence-corrected chi connectivity index (χ4v) is 6.29. The summed E-state index contributed by atoms with van der Waals surface area (Å²) in [4.78, 5) is 0. The first-order valence-electron chi connectivity index (χ1n) is 9.64. The van der Waals surface area contributed by atoms with Gasteiger partial charge >= 0.3 is 0 Å². The maximum Gasteiger partial charge on any atom is 0.184 e. The Labute approximate surface area is 148 Å². The topological polar surface area (TPSA) is 18.5 Å². The Morgan fingerprint density at radius 1 is 0.696 bits per heavy atom. The maximum absolute atomic E-state index is 6.72. The molecule has 2 nitrogen and oxygen atoms in total.